The molecule has 186 valence electrons. The number of hydrogen-bond donors (Lipinski definition) is 2. The molecule has 6 nitrogen and oxygen atoms in total. The van der Waals surface area contributed by atoms with Gasteiger partial charge in [0.05, 0.1) is 25.9 Å². The third-order valence-corrected chi connectivity index (χ3v) is 7.01. The van der Waals surface area contributed by atoms with Crippen molar-refractivity contribution in [2.45, 2.75) is 64.2 Å². The number of aliphatic hydroxyl groups excluding tert-OH is 1. The number of β-amino-alcohol motifs (C(OH)–C–C–N with tert-alkyl or cyclic N) is 1. The van der Waals surface area contributed by atoms with E-state index in [0.717, 1.165) is 47.5 Å². The minimum absolute atomic E-state index is 0.0191. The lowest BCUT2D eigenvalue weighted by Gasteiger charge is -2.28. The van der Waals surface area contributed by atoms with E-state index >= 15 is 0 Å². The van der Waals surface area contributed by atoms with Crippen LogP contribution in [0.3, 0.4) is 0 Å². The molecule has 0 unspecified atom stereocenters. The summed E-state index contributed by atoms with van der Waals surface area (Å²) in [7, 11) is 1.58. The number of aliphatic carboxylic acids is 1. The van der Waals surface area contributed by atoms with Crippen LogP contribution in [0.4, 0.5) is 0 Å². The van der Waals surface area contributed by atoms with Crippen molar-refractivity contribution in [3.63, 3.8) is 0 Å². The van der Waals surface area contributed by atoms with Gasteiger partial charge in [0.25, 0.3) is 0 Å². The lowest BCUT2D eigenvalue weighted by atomic mass is 9.98. The maximum absolute atomic E-state index is 11.1. The fraction of sp³-hybridized carbons (Fsp3) is 0.519. The van der Waals surface area contributed by atoms with E-state index in [2.05, 4.69) is 17.0 Å². The van der Waals surface area contributed by atoms with Crippen LogP contribution in [-0.4, -0.2) is 60.0 Å². The van der Waals surface area contributed by atoms with Crippen LogP contribution in [-0.2, 0) is 22.4 Å². The normalized spacial score (nSPS) is 18.1. The Kier molecular flexibility index (Phi) is 9.77. The van der Waals surface area contributed by atoms with Crippen molar-refractivity contribution in [1.82, 2.24) is 4.90 Å². The number of benzene rings is 2. The third kappa shape index (κ3) is 7.19. The Morgan fingerprint density at radius 3 is 2.79 bits per heavy atom. The average Bonchev–Trinajstić information content (AvgIpc) is 3.24. The second-order valence-electron chi connectivity index (χ2n) is 9.13. The third-order valence-electron chi connectivity index (χ3n) is 6.61. The van der Waals surface area contributed by atoms with Gasteiger partial charge in [0.1, 0.15) is 5.75 Å². The molecule has 2 N–H and O–H groups in total. The molecular weight excluding hydrogens is 454 g/mol. The Balaban J connectivity index is 1.56. The van der Waals surface area contributed by atoms with Gasteiger partial charge in [-0.1, -0.05) is 35.9 Å². The van der Waals surface area contributed by atoms with E-state index in [9.17, 15) is 9.90 Å². The summed E-state index contributed by atoms with van der Waals surface area (Å²) in [6.45, 7) is 5.65. The highest BCUT2D eigenvalue weighted by molar-refractivity contribution is 6.31. The van der Waals surface area contributed by atoms with Gasteiger partial charge in [0, 0.05) is 29.6 Å². The number of carbonyl (C=O) groups is 1. The molecule has 3 atom stereocenters. The molecule has 0 bridgehead atoms. The van der Waals surface area contributed by atoms with E-state index in [1.54, 1.807) is 7.11 Å². The van der Waals surface area contributed by atoms with Crippen LogP contribution in [0.15, 0.2) is 36.4 Å². The van der Waals surface area contributed by atoms with Crippen molar-refractivity contribution in [1.29, 1.82) is 0 Å². The maximum atomic E-state index is 11.1. The Labute approximate surface area is 207 Å². The first-order chi connectivity index (χ1) is 16.3. The number of hydrogen-bond acceptors (Lipinski definition) is 5. The molecule has 1 aliphatic rings. The minimum Gasteiger partial charge on any atom is -0.496 e. The molecule has 1 fully saturated rings. The number of nitrogens with zero attached hydrogens (tertiary/aromatic N) is 1. The van der Waals surface area contributed by atoms with Crippen LogP contribution < -0.4 is 4.74 Å². The van der Waals surface area contributed by atoms with E-state index in [1.165, 1.54) is 5.56 Å². The van der Waals surface area contributed by atoms with Gasteiger partial charge in [-0.05, 0) is 74.9 Å². The van der Waals surface area contributed by atoms with Crippen LogP contribution in [0.1, 0.15) is 54.5 Å². The fourth-order valence-electron chi connectivity index (χ4n) is 4.72. The Morgan fingerprint density at radius 2 is 2.09 bits per heavy atom. The van der Waals surface area contributed by atoms with Crippen LogP contribution in [0, 0.1) is 6.92 Å². The molecule has 1 aliphatic heterocycles. The first-order valence-electron chi connectivity index (χ1n) is 11.9. The predicted molar refractivity (Wildman–Crippen MR) is 134 cm³/mol. The largest absolute Gasteiger partial charge is 0.496 e. The molecule has 0 radical (unpaired) electrons. The Bertz CT molecular complexity index is 966. The van der Waals surface area contributed by atoms with Crippen molar-refractivity contribution in [2.24, 2.45) is 0 Å². The van der Waals surface area contributed by atoms with E-state index in [4.69, 9.17) is 26.2 Å². The van der Waals surface area contributed by atoms with E-state index in [0.29, 0.717) is 24.8 Å². The second-order valence-corrected chi connectivity index (χ2v) is 9.54. The molecule has 2 aromatic rings. The van der Waals surface area contributed by atoms with Crippen molar-refractivity contribution < 1.29 is 24.5 Å². The summed E-state index contributed by atoms with van der Waals surface area (Å²) in [5, 5.41) is 20.6. The maximum Gasteiger partial charge on any atom is 0.303 e. The first-order valence-corrected chi connectivity index (χ1v) is 12.3. The lowest BCUT2D eigenvalue weighted by Crippen LogP contribution is -2.39. The SMILES string of the molecule is COc1cccc([C@@H](C)OC[C@H](O)CN2CCC[C@H]2Cc2ccc(C)c(Cl)c2)c1CCC(=O)O. The molecular formula is C27H36ClNO5. The number of carboxylic acids is 1. The second kappa shape index (κ2) is 12.5. The van der Waals surface area contributed by atoms with Crippen molar-refractivity contribution in [2.75, 3.05) is 26.8 Å². The molecule has 0 amide bonds. The van der Waals surface area contributed by atoms with Crippen molar-refractivity contribution in [3.8, 4) is 5.75 Å². The van der Waals surface area contributed by atoms with Crippen molar-refractivity contribution in [3.05, 3.63) is 63.7 Å². The van der Waals surface area contributed by atoms with Crippen LogP contribution in [0.25, 0.3) is 0 Å². The van der Waals surface area contributed by atoms with Crippen LogP contribution >= 0.6 is 11.6 Å². The molecule has 1 saturated heterocycles. The van der Waals surface area contributed by atoms with Crippen molar-refractivity contribution >= 4 is 17.6 Å². The summed E-state index contributed by atoms with van der Waals surface area (Å²) in [5.41, 5.74) is 4.03. The standard InChI is InChI=1S/C27H36ClNO5/c1-18-9-10-20(15-25(18)28)14-21-6-5-13-29(21)16-22(30)17-34-19(2)23-7-4-8-26(33-3)24(23)11-12-27(31)32/h4,7-10,15,19,21-22,30H,5-6,11-14,16-17H2,1-3H3,(H,31,32)/t19-,21+,22-/m1/s1. The first kappa shape index (κ1) is 26.5. The topological polar surface area (TPSA) is 79.2 Å². The van der Waals surface area contributed by atoms with Gasteiger partial charge < -0.3 is 19.7 Å². The summed E-state index contributed by atoms with van der Waals surface area (Å²) in [6.07, 6.45) is 2.61. The van der Waals surface area contributed by atoms with Gasteiger partial charge in [-0.2, -0.15) is 0 Å². The highest BCUT2D eigenvalue weighted by Crippen LogP contribution is 2.30. The Hall–Kier alpha value is -2.12. The summed E-state index contributed by atoms with van der Waals surface area (Å²) >= 11 is 6.30. The average molecular weight is 490 g/mol. The monoisotopic (exact) mass is 489 g/mol. The molecule has 0 aromatic heterocycles. The van der Waals surface area contributed by atoms with Gasteiger partial charge in [0.15, 0.2) is 0 Å². The summed E-state index contributed by atoms with van der Waals surface area (Å²) in [4.78, 5) is 13.4. The zero-order chi connectivity index (χ0) is 24.7. The summed E-state index contributed by atoms with van der Waals surface area (Å²) < 4.78 is 11.5. The molecule has 2 aromatic carbocycles. The number of methoxy groups -OCH3 is 1. The van der Waals surface area contributed by atoms with Gasteiger partial charge in [-0.25, -0.2) is 0 Å². The Morgan fingerprint density at radius 1 is 1.29 bits per heavy atom. The number of rotatable bonds is 12. The predicted octanol–water partition coefficient (Wildman–Crippen LogP) is 4.82. The fourth-order valence-corrected chi connectivity index (χ4v) is 4.93. The molecule has 3 rings (SSSR count). The summed E-state index contributed by atoms with van der Waals surface area (Å²) in [6, 6.07) is 12.3. The zero-order valence-electron chi connectivity index (χ0n) is 20.3. The smallest absolute Gasteiger partial charge is 0.303 e. The molecule has 34 heavy (non-hydrogen) atoms. The van der Waals surface area contributed by atoms with E-state index in [-0.39, 0.29) is 19.1 Å². The number of aliphatic hydroxyl groups is 1. The van der Waals surface area contributed by atoms with Gasteiger partial charge in [-0.15, -0.1) is 0 Å². The van der Waals surface area contributed by atoms with Gasteiger partial charge in [0.2, 0.25) is 0 Å². The minimum atomic E-state index is -0.853. The number of likely N-dealkylation sites (tertiary alicyclic amines) is 1. The number of carboxylic acid groups (broad SMARTS) is 1. The van der Waals surface area contributed by atoms with Crippen LogP contribution in [0.2, 0.25) is 5.02 Å². The highest BCUT2D eigenvalue weighted by Gasteiger charge is 2.27. The number of halogens is 1. The molecule has 0 saturated carbocycles. The lowest BCUT2D eigenvalue weighted by molar-refractivity contribution is -0.136. The number of ether oxygens (including phenoxy) is 2. The van der Waals surface area contributed by atoms with Gasteiger partial charge >= 0.3 is 5.97 Å². The highest BCUT2D eigenvalue weighted by atomic mass is 35.5. The van der Waals surface area contributed by atoms with Crippen LogP contribution in [0.5, 0.6) is 5.75 Å². The van der Waals surface area contributed by atoms with E-state index < -0.39 is 12.1 Å². The zero-order valence-corrected chi connectivity index (χ0v) is 21.1. The molecule has 1 heterocycles. The molecule has 7 heteroatoms. The number of aryl methyl sites for hydroxylation is 1. The molecule has 0 aliphatic carbocycles. The summed E-state index contributed by atoms with van der Waals surface area (Å²) in [5.74, 6) is -0.195. The van der Waals surface area contributed by atoms with E-state index in [1.807, 2.05) is 38.1 Å². The van der Waals surface area contributed by atoms with Gasteiger partial charge in [-0.3, -0.25) is 9.69 Å². The quantitative estimate of drug-likeness (QED) is 0.445. The molecule has 0 spiro atoms.